The maximum Gasteiger partial charge on any atom is 0.305 e. The fourth-order valence-electron chi connectivity index (χ4n) is 0.728. The Hall–Kier alpha value is -0.930. The lowest BCUT2D eigenvalue weighted by Gasteiger charge is -1.93. The monoisotopic (exact) mass is 256 g/mol. The first-order valence-electron chi connectivity index (χ1n) is 4.35. The Labute approximate surface area is 93.5 Å². The highest BCUT2D eigenvalue weighted by molar-refractivity contribution is 9.09. The van der Waals surface area contributed by atoms with Gasteiger partial charge in [-0.2, -0.15) is 0 Å². The molecule has 0 saturated heterocycles. The van der Waals surface area contributed by atoms with E-state index in [4.69, 9.17) is 0 Å². The molecule has 0 amide bonds. The number of halogens is 1. The van der Waals surface area contributed by atoms with Crippen LogP contribution in [0, 0.1) is 23.7 Å². The first-order valence-corrected chi connectivity index (χ1v) is 5.47. The second-order valence-corrected chi connectivity index (χ2v) is 3.01. The predicted octanol–water partition coefficient (Wildman–Crippen LogP) is 2.12. The van der Waals surface area contributed by atoms with Crippen LogP contribution in [0.4, 0.5) is 0 Å². The lowest BCUT2D eigenvalue weighted by atomic mass is 10.2. The minimum atomic E-state index is -0.175. The van der Waals surface area contributed by atoms with E-state index in [1.807, 2.05) is 0 Å². The Morgan fingerprint density at radius 2 is 2.00 bits per heavy atom. The van der Waals surface area contributed by atoms with E-state index in [1.54, 1.807) is 0 Å². The van der Waals surface area contributed by atoms with Crippen LogP contribution in [0.2, 0.25) is 0 Å². The van der Waals surface area contributed by atoms with Gasteiger partial charge in [0.25, 0.3) is 0 Å². The van der Waals surface area contributed by atoms with E-state index >= 15 is 0 Å². The molecule has 0 heterocycles. The number of unbranched alkanes of at least 4 members (excludes halogenated alkanes) is 1. The van der Waals surface area contributed by atoms with Gasteiger partial charge in [-0.1, -0.05) is 33.7 Å². The zero-order chi connectivity index (χ0) is 10.6. The molecule has 0 aromatic carbocycles. The Bertz CT molecular complexity index is 275. The molecule has 0 aliphatic carbocycles. The molecule has 14 heavy (non-hydrogen) atoms. The number of esters is 1. The van der Waals surface area contributed by atoms with Crippen LogP contribution in [0.3, 0.4) is 0 Å². The topological polar surface area (TPSA) is 26.3 Å². The van der Waals surface area contributed by atoms with Gasteiger partial charge in [0.05, 0.1) is 18.9 Å². The quantitative estimate of drug-likeness (QED) is 0.335. The molecule has 0 rings (SSSR count). The summed E-state index contributed by atoms with van der Waals surface area (Å²) in [5.74, 6) is 11.4. The number of ether oxygens (including phenoxy) is 1. The fourth-order valence-corrected chi connectivity index (χ4v) is 0.926. The molecule has 0 fully saturated rings. The lowest BCUT2D eigenvalue weighted by Crippen LogP contribution is -1.98. The molecule has 0 aromatic heterocycles. The van der Waals surface area contributed by atoms with Crippen molar-refractivity contribution in [1.82, 2.24) is 0 Å². The van der Waals surface area contributed by atoms with Gasteiger partial charge in [-0.3, -0.25) is 4.79 Å². The lowest BCUT2D eigenvalue weighted by molar-refractivity contribution is -0.140. The van der Waals surface area contributed by atoms with Crippen molar-refractivity contribution >= 4 is 21.9 Å². The first-order chi connectivity index (χ1) is 6.81. The molecule has 2 nitrogen and oxygen atoms in total. The zero-order valence-electron chi connectivity index (χ0n) is 8.23. The van der Waals surface area contributed by atoms with Crippen LogP contribution in [-0.4, -0.2) is 18.4 Å². The number of carbonyl (C=O) groups is 1. The highest BCUT2D eigenvalue weighted by atomic mass is 79.9. The number of methoxy groups -OCH3 is 1. The van der Waals surface area contributed by atoms with Gasteiger partial charge in [0.1, 0.15) is 0 Å². The van der Waals surface area contributed by atoms with Gasteiger partial charge < -0.3 is 4.74 Å². The predicted molar refractivity (Wildman–Crippen MR) is 59.8 cm³/mol. The van der Waals surface area contributed by atoms with Crippen LogP contribution in [0.25, 0.3) is 0 Å². The minimum Gasteiger partial charge on any atom is -0.469 e. The molecule has 0 aromatic rings. The largest absolute Gasteiger partial charge is 0.469 e. The molecule has 0 spiro atoms. The van der Waals surface area contributed by atoms with Crippen molar-refractivity contribution in [2.75, 3.05) is 12.4 Å². The second-order valence-electron chi connectivity index (χ2n) is 2.45. The summed E-state index contributed by atoms with van der Waals surface area (Å²) in [5, 5.41) is 0.691. The van der Waals surface area contributed by atoms with Gasteiger partial charge in [-0.25, -0.2) is 0 Å². The maximum absolute atomic E-state index is 10.7. The highest BCUT2D eigenvalue weighted by Crippen LogP contribution is 1.95. The molecule has 76 valence electrons. The van der Waals surface area contributed by atoms with Gasteiger partial charge in [0.15, 0.2) is 0 Å². The van der Waals surface area contributed by atoms with Crippen molar-refractivity contribution in [2.24, 2.45) is 0 Å². The molecule has 0 unspecified atom stereocenters. The van der Waals surface area contributed by atoms with E-state index in [0.29, 0.717) is 18.2 Å². The number of hydrogen-bond acceptors (Lipinski definition) is 2. The van der Waals surface area contributed by atoms with E-state index in [9.17, 15) is 4.79 Å². The molecule has 0 saturated carbocycles. The SMILES string of the molecule is COC(=O)CCCC#CCC#CCBr. The van der Waals surface area contributed by atoms with Crippen LogP contribution in [0.5, 0.6) is 0 Å². The highest BCUT2D eigenvalue weighted by Gasteiger charge is 1.96. The van der Waals surface area contributed by atoms with Crippen molar-refractivity contribution < 1.29 is 9.53 Å². The van der Waals surface area contributed by atoms with Gasteiger partial charge in [-0.15, -0.1) is 5.92 Å². The van der Waals surface area contributed by atoms with Crippen molar-refractivity contribution in [1.29, 1.82) is 0 Å². The summed E-state index contributed by atoms with van der Waals surface area (Å²) in [5.41, 5.74) is 0. The average molecular weight is 257 g/mol. The number of carbonyl (C=O) groups excluding carboxylic acids is 1. The summed E-state index contributed by atoms with van der Waals surface area (Å²) in [7, 11) is 1.39. The summed E-state index contributed by atoms with van der Waals surface area (Å²) < 4.78 is 4.50. The third-order valence-corrected chi connectivity index (χ3v) is 1.68. The summed E-state index contributed by atoms with van der Waals surface area (Å²) in [6.07, 6.45) is 2.53. The van der Waals surface area contributed by atoms with E-state index in [-0.39, 0.29) is 5.97 Å². The van der Waals surface area contributed by atoms with E-state index in [2.05, 4.69) is 44.3 Å². The normalized spacial score (nSPS) is 7.86. The molecule has 0 atom stereocenters. The van der Waals surface area contributed by atoms with Gasteiger partial charge in [0.2, 0.25) is 0 Å². The van der Waals surface area contributed by atoms with E-state index < -0.39 is 0 Å². The summed E-state index contributed by atoms with van der Waals surface area (Å²) >= 11 is 3.19. The van der Waals surface area contributed by atoms with Crippen LogP contribution < -0.4 is 0 Å². The molecule has 3 heteroatoms. The Balaban J connectivity index is 3.39. The van der Waals surface area contributed by atoms with Crippen molar-refractivity contribution in [3.05, 3.63) is 0 Å². The van der Waals surface area contributed by atoms with E-state index in [1.165, 1.54) is 7.11 Å². The van der Waals surface area contributed by atoms with Crippen LogP contribution in [-0.2, 0) is 9.53 Å². The maximum atomic E-state index is 10.7. The molecule has 0 aliphatic heterocycles. The second kappa shape index (κ2) is 10.2. The molecule has 0 aliphatic rings. The Morgan fingerprint density at radius 1 is 1.29 bits per heavy atom. The third-order valence-electron chi connectivity index (χ3n) is 1.40. The standard InChI is InChI=1S/C11H13BrO2/c1-14-11(13)9-7-5-3-2-4-6-8-10-12/h4-5,7,9-10H2,1H3. The number of alkyl halides is 1. The van der Waals surface area contributed by atoms with Gasteiger partial charge in [0, 0.05) is 12.8 Å². The van der Waals surface area contributed by atoms with Gasteiger partial charge >= 0.3 is 5.97 Å². The molecular weight excluding hydrogens is 244 g/mol. The Morgan fingerprint density at radius 3 is 2.64 bits per heavy atom. The van der Waals surface area contributed by atoms with Gasteiger partial charge in [-0.05, 0) is 6.42 Å². The van der Waals surface area contributed by atoms with Crippen molar-refractivity contribution in [2.45, 2.75) is 25.7 Å². The summed E-state index contributed by atoms with van der Waals surface area (Å²) in [6, 6.07) is 0. The zero-order valence-corrected chi connectivity index (χ0v) is 9.82. The van der Waals surface area contributed by atoms with Crippen molar-refractivity contribution in [3.8, 4) is 23.7 Å². The Kier molecular flexibility index (Phi) is 9.48. The summed E-state index contributed by atoms with van der Waals surface area (Å²) in [4.78, 5) is 10.7. The molecular formula is C11H13BrO2. The smallest absolute Gasteiger partial charge is 0.305 e. The molecule has 0 radical (unpaired) electrons. The molecule has 0 bridgehead atoms. The minimum absolute atomic E-state index is 0.175. The van der Waals surface area contributed by atoms with Crippen LogP contribution >= 0.6 is 15.9 Å². The molecule has 0 N–H and O–H groups in total. The summed E-state index contributed by atoms with van der Waals surface area (Å²) in [6.45, 7) is 0. The average Bonchev–Trinajstić information content (AvgIpc) is 2.21. The number of rotatable bonds is 3. The van der Waals surface area contributed by atoms with Crippen LogP contribution in [0.15, 0.2) is 0 Å². The van der Waals surface area contributed by atoms with E-state index in [0.717, 1.165) is 12.8 Å². The first kappa shape index (κ1) is 13.1. The third kappa shape index (κ3) is 9.16. The van der Waals surface area contributed by atoms with Crippen LogP contribution in [0.1, 0.15) is 25.7 Å². The fraction of sp³-hybridized carbons (Fsp3) is 0.545. The van der Waals surface area contributed by atoms with Crippen molar-refractivity contribution in [3.63, 3.8) is 0 Å². The number of hydrogen-bond donors (Lipinski definition) is 0.